The second-order valence-corrected chi connectivity index (χ2v) is 5.21. The summed E-state index contributed by atoms with van der Waals surface area (Å²) in [5, 5.41) is 3.19. The van der Waals surface area contributed by atoms with Crippen LogP contribution in [0.2, 0.25) is 0 Å². The zero-order valence-electron chi connectivity index (χ0n) is 11.7. The molecule has 1 aliphatic heterocycles. The second-order valence-electron chi connectivity index (χ2n) is 5.21. The molecule has 1 aromatic rings. The monoisotopic (exact) mass is 282 g/mol. The van der Waals surface area contributed by atoms with Crippen LogP contribution in [-0.4, -0.2) is 37.5 Å². The van der Waals surface area contributed by atoms with Crippen LogP contribution in [0, 0.1) is 12.8 Å². The summed E-state index contributed by atoms with van der Waals surface area (Å²) >= 11 is 0. The van der Waals surface area contributed by atoms with E-state index in [-0.39, 0.29) is 18.3 Å². The van der Waals surface area contributed by atoms with E-state index in [1.807, 2.05) is 24.1 Å². The third kappa shape index (κ3) is 4.51. The average molecular weight is 283 g/mol. The third-order valence-electron chi connectivity index (χ3n) is 3.61. The maximum absolute atomic E-state index is 12.2. The van der Waals surface area contributed by atoms with Crippen LogP contribution in [0.15, 0.2) is 24.3 Å². The van der Waals surface area contributed by atoms with E-state index in [0.717, 1.165) is 31.6 Å². The van der Waals surface area contributed by atoms with Crippen molar-refractivity contribution in [1.29, 1.82) is 0 Å². The lowest BCUT2D eigenvalue weighted by Crippen LogP contribution is -2.31. The number of nitrogens with zero attached hydrogens (tertiary/aromatic N) is 1. The summed E-state index contributed by atoms with van der Waals surface area (Å²) in [6.45, 7) is 4.89. The first-order chi connectivity index (χ1) is 8.69. The predicted molar refractivity (Wildman–Crippen MR) is 80.7 cm³/mol. The number of carbonyl (C=O) groups excluding carboxylic acids is 1. The van der Waals surface area contributed by atoms with Gasteiger partial charge in [-0.3, -0.25) is 4.79 Å². The molecule has 0 aliphatic carbocycles. The molecule has 0 saturated carbocycles. The van der Waals surface area contributed by atoms with E-state index >= 15 is 0 Å². The Morgan fingerprint density at radius 3 is 2.68 bits per heavy atom. The van der Waals surface area contributed by atoms with Crippen molar-refractivity contribution < 1.29 is 4.79 Å². The van der Waals surface area contributed by atoms with Crippen molar-refractivity contribution in [3.8, 4) is 0 Å². The quantitative estimate of drug-likeness (QED) is 0.916. The Kier molecular flexibility index (Phi) is 6.32. The van der Waals surface area contributed by atoms with Crippen molar-refractivity contribution in [2.24, 2.45) is 5.92 Å². The van der Waals surface area contributed by atoms with Gasteiger partial charge in [0.05, 0.1) is 6.42 Å². The highest BCUT2D eigenvalue weighted by molar-refractivity contribution is 5.85. The van der Waals surface area contributed by atoms with Crippen LogP contribution in [0.1, 0.15) is 17.5 Å². The van der Waals surface area contributed by atoms with Gasteiger partial charge in [-0.25, -0.2) is 0 Å². The standard InChI is InChI=1S/C15H22N2O.ClH/c1-12-3-5-13(6-4-12)9-15(18)17-8-7-14(11-17)10-16-2;/h3-6,14,16H,7-11H2,1-2H3;1H. The Morgan fingerprint density at radius 1 is 1.37 bits per heavy atom. The van der Waals surface area contributed by atoms with E-state index in [1.54, 1.807) is 0 Å². The summed E-state index contributed by atoms with van der Waals surface area (Å²) in [5.41, 5.74) is 2.35. The van der Waals surface area contributed by atoms with Crippen molar-refractivity contribution in [1.82, 2.24) is 10.2 Å². The second kappa shape index (κ2) is 7.51. The highest BCUT2D eigenvalue weighted by atomic mass is 35.5. The highest BCUT2D eigenvalue weighted by Gasteiger charge is 2.25. The molecular formula is C15H23ClN2O. The van der Waals surface area contributed by atoms with Gasteiger partial charge in [-0.2, -0.15) is 0 Å². The van der Waals surface area contributed by atoms with Crippen molar-refractivity contribution in [2.45, 2.75) is 19.8 Å². The molecule has 0 radical (unpaired) electrons. The van der Waals surface area contributed by atoms with Crippen LogP contribution in [0.5, 0.6) is 0 Å². The lowest BCUT2D eigenvalue weighted by atomic mass is 10.1. The van der Waals surface area contributed by atoms with Crippen LogP contribution in [0.3, 0.4) is 0 Å². The molecule has 1 atom stereocenters. The van der Waals surface area contributed by atoms with Gasteiger partial charge in [0, 0.05) is 13.1 Å². The fraction of sp³-hybridized carbons (Fsp3) is 0.533. The minimum Gasteiger partial charge on any atom is -0.342 e. The summed E-state index contributed by atoms with van der Waals surface area (Å²) < 4.78 is 0. The number of aryl methyl sites for hydroxylation is 1. The number of amides is 1. The van der Waals surface area contributed by atoms with E-state index in [9.17, 15) is 4.79 Å². The van der Waals surface area contributed by atoms with Crippen molar-refractivity contribution in [3.05, 3.63) is 35.4 Å². The molecule has 1 aliphatic rings. The molecule has 3 nitrogen and oxygen atoms in total. The number of hydrogen-bond acceptors (Lipinski definition) is 2. The number of likely N-dealkylation sites (tertiary alicyclic amines) is 1. The highest BCUT2D eigenvalue weighted by Crippen LogP contribution is 2.16. The maximum atomic E-state index is 12.2. The molecule has 1 fully saturated rings. The molecule has 1 unspecified atom stereocenters. The van der Waals surface area contributed by atoms with E-state index in [2.05, 4.69) is 24.4 Å². The van der Waals surface area contributed by atoms with Crippen LogP contribution in [0.25, 0.3) is 0 Å². The zero-order valence-corrected chi connectivity index (χ0v) is 12.5. The van der Waals surface area contributed by atoms with Gasteiger partial charge in [0.15, 0.2) is 0 Å². The van der Waals surface area contributed by atoms with E-state index in [1.165, 1.54) is 5.56 Å². The topological polar surface area (TPSA) is 32.3 Å². The molecule has 1 aromatic carbocycles. The van der Waals surface area contributed by atoms with Gasteiger partial charge in [0.1, 0.15) is 0 Å². The zero-order chi connectivity index (χ0) is 13.0. The van der Waals surface area contributed by atoms with Gasteiger partial charge in [-0.05, 0) is 38.4 Å². The molecule has 0 spiro atoms. The summed E-state index contributed by atoms with van der Waals surface area (Å²) in [7, 11) is 1.97. The molecule has 2 rings (SSSR count). The van der Waals surface area contributed by atoms with Gasteiger partial charge in [0.2, 0.25) is 5.91 Å². The maximum Gasteiger partial charge on any atom is 0.226 e. The van der Waals surface area contributed by atoms with Gasteiger partial charge >= 0.3 is 0 Å². The SMILES string of the molecule is CNCC1CCN(C(=O)Cc2ccc(C)cc2)C1.Cl. The third-order valence-corrected chi connectivity index (χ3v) is 3.61. The molecule has 0 bridgehead atoms. The van der Waals surface area contributed by atoms with Gasteiger partial charge in [0.25, 0.3) is 0 Å². The molecule has 1 saturated heterocycles. The minimum absolute atomic E-state index is 0. The van der Waals surface area contributed by atoms with Gasteiger partial charge < -0.3 is 10.2 Å². The fourth-order valence-corrected chi connectivity index (χ4v) is 2.51. The van der Waals surface area contributed by atoms with Gasteiger partial charge in [-0.15, -0.1) is 12.4 Å². The Morgan fingerprint density at radius 2 is 2.05 bits per heavy atom. The van der Waals surface area contributed by atoms with Crippen molar-refractivity contribution in [2.75, 3.05) is 26.7 Å². The Labute approximate surface area is 121 Å². The van der Waals surface area contributed by atoms with Crippen LogP contribution in [-0.2, 0) is 11.2 Å². The van der Waals surface area contributed by atoms with Crippen LogP contribution >= 0.6 is 12.4 Å². The number of rotatable bonds is 4. The number of nitrogens with one attached hydrogen (secondary N) is 1. The summed E-state index contributed by atoms with van der Waals surface area (Å²) in [5.74, 6) is 0.884. The van der Waals surface area contributed by atoms with Gasteiger partial charge in [-0.1, -0.05) is 29.8 Å². The average Bonchev–Trinajstić information content (AvgIpc) is 2.81. The van der Waals surface area contributed by atoms with E-state index in [4.69, 9.17) is 0 Å². The minimum atomic E-state index is 0. The molecule has 1 heterocycles. The number of hydrogen-bond donors (Lipinski definition) is 1. The molecule has 19 heavy (non-hydrogen) atoms. The lowest BCUT2D eigenvalue weighted by molar-refractivity contribution is -0.129. The number of benzene rings is 1. The number of carbonyl (C=O) groups is 1. The van der Waals surface area contributed by atoms with Crippen molar-refractivity contribution >= 4 is 18.3 Å². The summed E-state index contributed by atoms with van der Waals surface area (Å²) in [6, 6.07) is 8.23. The largest absolute Gasteiger partial charge is 0.342 e. The Hall–Kier alpha value is -1.06. The predicted octanol–water partition coefficient (Wildman–Crippen LogP) is 2.03. The first kappa shape index (κ1) is 16.0. The molecule has 4 heteroatoms. The molecule has 1 N–H and O–H groups in total. The van der Waals surface area contributed by atoms with Crippen molar-refractivity contribution in [3.63, 3.8) is 0 Å². The van der Waals surface area contributed by atoms with E-state index in [0.29, 0.717) is 12.3 Å². The molecule has 1 amide bonds. The Balaban J connectivity index is 0.00000180. The molecule has 106 valence electrons. The smallest absolute Gasteiger partial charge is 0.226 e. The van der Waals surface area contributed by atoms with Crippen LogP contribution < -0.4 is 5.32 Å². The first-order valence-electron chi connectivity index (χ1n) is 6.67. The summed E-state index contributed by atoms with van der Waals surface area (Å²) in [6.07, 6.45) is 1.66. The fourth-order valence-electron chi connectivity index (χ4n) is 2.51. The first-order valence-corrected chi connectivity index (χ1v) is 6.67. The Bertz CT molecular complexity index is 405. The normalized spacial score (nSPS) is 18.2. The lowest BCUT2D eigenvalue weighted by Gasteiger charge is -2.16. The van der Waals surface area contributed by atoms with Crippen LogP contribution in [0.4, 0.5) is 0 Å². The summed E-state index contributed by atoms with van der Waals surface area (Å²) in [4.78, 5) is 14.2. The number of halogens is 1. The molecule has 0 aromatic heterocycles. The molecular weight excluding hydrogens is 260 g/mol. The van der Waals surface area contributed by atoms with E-state index < -0.39 is 0 Å².